The Hall–Kier alpha value is -2.36. The van der Waals surface area contributed by atoms with E-state index >= 15 is 0 Å². The van der Waals surface area contributed by atoms with Crippen molar-refractivity contribution in [1.29, 1.82) is 0 Å². The molecule has 1 saturated heterocycles. The first kappa shape index (κ1) is 18.4. The van der Waals surface area contributed by atoms with Gasteiger partial charge in [-0.3, -0.25) is 4.98 Å². The zero-order valence-corrected chi connectivity index (χ0v) is 15.3. The molecule has 0 bridgehead atoms. The molecule has 1 aromatic heterocycles. The van der Waals surface area contributed by atoms with Gasteiger partial charge in [0, 0.05) is 26.2 Å². The lowest BCUT2D eigenvalue weighted by Crippen LogP contribution is -2.39. The van der Waals surface area contributed by atoms with Gasteiger partial charge in [-0.1, -0.05) is 12.1 Å². The quantitative estimate of drug-likeness (QED) is 0.853. The van der Waals surface area contributed by atoms with E-state index in [1.807, 2.05) is 0 Å². The van der Waals surface area contributed by atoms with Crippen molar-refractivity contribution < 1.29 is 18.3 Å². The van der Waals surface area contributed by atoms with Crippen molar-refractivity contribution in [3.63, 3.8) is 0 Å². The van der Waals surface area contributed by atoms with Gasteiger partial charge in [-0.25, -0.2) is 9.78 Å². The third kappa shape index (κ3) is 3.46. The molecule has 0 spiro atoms. The first-order valence-electron chi connectivity index (χ1n) is 8.15. The van der Waals surface area contributed by atoms with Crippen LogP contribution < -0.4 is 0 Å². The van der Waals surface area contributed by atoms with E-state index in [9.17, 15) is 13.2 Å². The van der Waals surface area contributed by atoms with Crippen LogP contribution in [-0.2, 0) is 10.2 Å². The third-order valence-corrected chi connectivity index (χ3v) is 6.31. The third-order valence-electron chi connectivity index (χ3n) is 4.36. The number of benzene rings is 1. The lowest BCUT2D eigenvalue weighted by Gasteiger charge is -2.26. The Balaban J connectivity index is 1.97. The first-order valence-corrected chi connectivity index (χ1v) is 9.55. The summed E-state index contributed by atoms with van der Waals surface area (Å²) in [5.74, 6) is -1.02. The summed E-state index contributed by atoms with van der Waals surface area (Å²) in [7, 11) is -0.540. The minimum atomic E-state index is -3.55. The molecule has 0 aliphatic carbocycles. The number of rotatable bonds is 5. The van der Waals surface area contributed by atoms with Gasteiger partial charge in [0.15, 0.2) is 0 Å². The highest BCUT2D eigenvalue weighted by Gasteiger charge is 2.37. The second-order valence-corrected chi connectivity index (χ2v) is 8.37. The van der Waals surface area contributed by atoms with E-state index in [1.54, 1.807) is 24.5 Å². The van der Waals surface area contributed by atoms with Crippen LogP contribution in [0.1, 0.15) is 34.9 Å². The molecular formula is C17H20N4O4S. The number of carboxylic acid groups (broad SMARTS) is 1. The van der Waals surface area contributed by atoms with Crippen molar-refractivity contribution in [2.24, 2.45) is 0 Å². The Bertz CT molecular complexity index is 930. The maximum atomic E-state index is 12.5. The fraction of sp³-hybridized carbons (Fsp3) is 0.353. The second-order valence-electron chi connectivity index (χ2n) is 6.27. The molecule has 1 atom stereocenters. The van der Waals surface area contributed by atoms with E-state index in [1.165, 1.54) is 34.8 Å². The number of aromatic carboxylic acids is 1. The molecule has 0 saturated carbocycles. The van der Waals surface area contributed by atoms with Crippen LogP contribution >= 0.6 is 0 Å². The number of hydrogen-bond acceptors (Lipinski definition) is 5. The van der Waals surface area contributed by atoms with Gasteiger partial charge >= 0.3 is 5.97 Å². The van der Waals surface area contributed by atoms with Crippen molar-refractivity contribution in [2.45, 2.75) is 18.9 Å². The molecule has 9 heteroatoms. The lowest BCUT2D eigenvalue weighted by molar-refractivity contribution is 0.0697. The van der Waals surface area contributed by atoms with Crippen LogP contribution in [0, 0.1) is 0 Å². The van der Waals surface area contributed by atoms with Crippen molar-refractivity contribution in [3.8, 4) is 11.3 Å². The standard InChI is InChI=1S/C17H20N4O4S/c1-20(2)26(24,25)21-8-4-7-16(21)15-11-18-10-14(19-15)12-5-3-6-13(9-12)17(22)23/h3,5-6,9-11,16H,4,7-8H2,1-2H3,(H,22,23)/t16-/m1/s1. The summed E-state index contributed by atoms with van der Waals surface area (Å²) < 4.78 is 27.7. The molecule has 0 unspecified atom stereocenters. The maximum absolute atomic E-state index is 12.5. The van der Waals surface area contributed by atoms with E-state index in [-0.39, 0.29) is 11.6 Å². The van der Waals surface area contributed by atoms with E-state index < -0.39 is 16.2 Å². The average molecular weight is 376 g/mol. The van der Waals surface area contributed by atoms with Gasteiger partial charge in [0.1, 0.15) is 0 Å². The monoisotopic (exact) mass is 376 g/mol. The topological polar surface area (TPSA) is 104 Å². The van der Waals surface area contributed by atoms with Gasteiger partial charge in [0.25, 0.3) is 10.2 Å². The second kappa shape index (κ2) is 7.10. The number of hydrogen-bond donors (Lipinski definition) is 1. The summed E-state index contributed by atoms with van der Waals surface area (Å²) in [5.41, 5.74) is 1.86. The SMILES string of the molecule is CN(C)S(=O)(=O)N1CCC[C@@H]1c1cncc(-c2cccc(C(=O)O)c2)n1. The predicted molar refractivity (Wildman–Crippen MR) is 95.7 cm³/mol. The number of nitrogens with zero attached hydrogens (tertiary/aromatic N) is 4. The molecule has 2 heterocycles. The van der Waals surface area contributed by atoms with Gasteiger partial charge in [-0.2, -0.15) is 17.0 Å². The molecule has 1 aliphatic heterocycles. The molecule has 138 valence electrons. The number of aromatic nitrogens is 2. The average Bonchev–Trinajstić information content (AvgIpc) is 3.12. The zero-order valence-electron chi connectivity index (χ0n) is 14.5. The summed E-state index contributed by atoms with van der Waals surface area (Å²) >= 11 is 0. The molecule has 1 aliphatic rings. The van der Waals surface area contributed by atoms with Crippen molar-refractivity contribution in [3.05, 3.63) is 47.9 Å². The normalized spacial score (nSPS) is 18.3. The maximum Gasteiger partial charge on any atom is 0.335 e. The molecule has 1 aromatic carbocycles. The highest BCUT2D eigenvalue weighted by Crippen LogP contribution is 2.34. The largest absolute Gasteiger partial charge is 0.478 e. The highest BCUT2D eigenvalue weighted by molar-refractivity contribution is 7.86. The molecule has 0 amide bonds. The molecule has 26 heavy (non-hydrogen) atoms. The van der Waals surface area contributed by atoms with Crippen LogP contribution in [0.4, 0.5) is 0 Å². The minimum absolute atomic E-state index is 0.160. The first-order chi connectivity index (χ1) is 12.3. The Labute approximate surface area is 152 Å². The number of carbonyl (C=O) groups is 1. The van der Waals surface area contributed by atoms with Gasteiger partial charge < -0.3 is 5.11 Å². The fourth-order valence-corrected chi connectivity index (χ4v) is 4.33. The van der Waals surface area contributed by atoms with Crippen molar-refractivity contribution in [1.82, 2.24) is 18.6 Å². The van der Waals surface area contributed by atoms with E-state index in [0.717, 1.165) is 6.42 Å². The van der Waals surface area contributed by atoms with Crippen LogP contribution in [0.2, 0.25) is 0 Å². The highest BCUT2D eigenvalue weighted by atomic mass is 32.2. The Morgan fingerprint density at radius 2 is 2.08 bits per heavy atom. The van der Waals surface area contributed by atoms with E-state index in [4.69, 9.17) is 5.11 Å². The summed E-state index contributed by atoms with van der Waals surface area (Å²) in [6, 6.07) is 6.05. The van der Waals surface area contributed by atoms with Gasteiger partial charge in [-0.05, 0) is 25.0 Å². The summed E-state index contributed by atoms with van der Waals surface area (Å²) in [4.78, 5) is 19.9. The molecule has 2 aromatic rings. The lowest BCUT2D eigenvalue weighted by atomic mass is 10.1. The van der Waals surface area contributed by atoms with Gasteiger partial charge in [-0.15, -0.1) is 0 Å². The van der Waals surface area contributed by atoms with Crippen molar-refractivity contribution in [2.75, 3.05) is 20.6 Å². The summed E-state index contributed by atoms with van der Waals surface area (Å²) in [6.07, 6.45) is 4.53. The van der Waals surface area contributed by atoms with Gasteiger partial charge in [0.05, 0.1) is 35.4 Å². The van der Waals surface area contributed by atoms with Crippen LogP contribution in [0.3, 0.4) is 0 Å². The Morgan fingerprint density at radius 1 is 1.31 bits per heavy atom. The number of carboxylic acids is 1. The van der Waals surface area contributed by atoms with Crippen molar-refractivity contribution >= 4 is 16.2 Å². The Morgan fingerprint density at radius 3 is 2.77 bits per heavy atom. The zero-order chi connectivity index (χ0) is 18.9. The van der Waals surface area contributed by atoms with Gasteiger partial charge in [0.2, 0.25) is 0 Å². The molecule has 8 nitrogen and oxygen atoms in total. The molecule has 0 radical (unpaired) electrons. The van der Waals surface area contributed by atoms with Crippen LogP contribution in [0.5, 0.6) is 0 Å². The van der Waals surface area contributed by atoms with E-state index in [0.29, 0.717) is 29.9 Å². The van der Waals surface area contributed by atoms with Crippen LogP contribution in [0.25, 0.3) is 11.3 Å². The van der Waals surface area contributed by atoms with Crippen LogP contribution in [0.15, 0.2) is 36.7 Å². The summed E-state index contributed by atoms with van der Waals surface area (Å²) in [6.45, 7) is 0.436. The predicted octanol–water partition coefficient (Wildman–Crippen LogP) is 1.79. The fourth-order valence-electron chi connectivity index (χ4n) is 3.01. The molecule has 3 rings (SSSR count). The molecule has 1 N–H and O–H groups in total. The summed E-state index contributed by atoms with van der Waals surface area (Å²) in [5, 5.41) is 9.15. The molecule has 1 fully saturated rings. The smallest absolute Gasteiger partial charge is 0.335 e. The Kier molecular flexibility index (Phi) is 5.03. The molecular weight excluding hydrogens is 356 g/mol. The minimum Gasteiger partial charge on any atom is -0.478 e. The van der Waals surface area contributed by atoms with Crippen LogP contribution in [-0.4, -0.2) is 58.7 Å². The van der Waals surface area contributed by atoms with E-state index in [2.05, 4.69) is 9.97 Å².